The average molecular weight is 361 g/mol. The van der Waals surface area contributed by atoms with Crippen LogP contribution in [0.25, 0.3) is 0 Å². The van der Waals surface area contributed by atoms with Crippen molar-refractivity contribution in [3.63, 3.8) is 0 Å². The number of likely N-dealkylation sites (tertiary alicyclic amines) is 1. The van der Waals surface area contributed by atoms with Crippen LogP contribution in [-0.2, 0) is 16.0 Å². The molecule has 1 aromatic rings. The van der Waals surface area contributed by atoms with Gasteiger partial charge in [-0.05, 0) is 43.4 Å². The number of unbranched alkanes of at least 4 members (excludes halogenated alkanes) is 1. The second kappa shape index (κ2) is 8.05. The second-order valence-electron chi connectivity index (χ2n) is 6.78. The summed E-state index contributed by atoms with van der Waals surface area (Å²) < 4.78 is 0. The monoisotopic (exact) mass is 360 g/mol. The van der Waals surface area contributed by atoms with Crippen molar-refractivity contribution >= 4 is 29.1 Å². The van der Waals surface area contributed by atoms with Crippen molar-refractivity contribution in [2.24, 2.45) is 0 Å². The summed E-state index contributed by atoms with van der Waals surface area (Å²) in [7, 11) is 0. The van der Waals surface area contributed by atoms with Gasteiger partial charge in [0.25, 0.3) is 11.8 Å². The molecule has 0 radical (unpaired) electrons. The Labute approximate surface area is 154 Å². The highest BCUT2D eigenvalue weighted by atomic mass is 35.5. The largest absolute Gasteiger partial charge is 0.366 e. The summed E-state index contributed by atoms with van der Waals surface area (Å²) in [5.41, 5.74) is 2.19. The molecule has 2 amide bonds. The fourth-order valence-electron chi connectivity index (χ4n) is 3.49. The van der Waals surface area contributed by atoms with Gasteiger partial charge in [0.15, 0.2) is 0 Å². The number of amides is 2. The van der Waals surface area contributed by atoms with Crippen molar-refractivity contribution in [3.8, 4) is 0 Å². The zero-order valence-corrected chi connectivity index (χ0v) is 15.5. The van der Waals surface area contributed by atoms with E-state index in [1.165, 1.54) is 10.5 Å². The molecule has 0 spiro atoms. The highest BCUT2D eigenvalue weighted by molar-refractivity contribution is 6.52. The third-order valence-corrected chi connectivity index (χ3v) is 5.28. The third-order valence-electron chi connectivity index (χ3n) is 4.94. The van der Waals surface area contributed by atoms with Gasteiger partial charge in [-0.2, -0.15) is 0 Å². The van der Waals surface area contributed by atoms with Gasteiger partial charge in [-0.25, -0.2) is 4.90 Å². The molecule has 0 aromatic heterocycles. The Balaban J connectivity index is 1.80. The Hall–Kier alpha value is -1.81. The number of hydrogen-bond donors (Lipinski definition) is 0. The molecule has 1 aromatic carbocycles. The summed E-state index contributed by atoms with van der Waals surface area (Å²) in [6, 6.07) is 7.67. The number of imide groups is 1. The van der Waals surface area contributed by atoms with Crippen LogP contribution in [0.3, 0.4) is 0 Å². The maximum absolute atomic E-state index is 12.9. The number of rotatable bonds is 5. The Morgan fingerprint density at radius 2 is 1.60 bits per heavy atom. The molecule has 0 bridgehead atoms. The summed E-state index contributed by atoms with van der Waals surface area (Å²) in [5, 5.41) is 0.0574. The Kier molecular flexibility index (Phi) is 5.79. The number of anilines is 1. The van der Waals surface area contributed by atoms with Crippen LogP contribution in [0.1, 0.15) is 51.0 Å². The highest BCUT2D eigenvalue weighted by Crippen LogP contribution is 2.32. The van der Waals surface area contributed by atoms with Crippen molar-refractivity contribution in [1.82, 2.24) is 4.90 Å². The molecule has 0 aliphatic carbocycles. The zero-order chi connectivity index (χ0) is 17.8. The molecule has 2 heterocycles. The Morgan fingerprint density at radius 3 is 2.20 bits per heavy atom. The lowest BCUT2D eigenvalue weighted by Gasteiger charge is -2.23. The predicted molar refractivity (Wildman–Crippen MR) is 100 cm³/mol. The minimum Gasteiger partial charge on any atom is -0.366 e. The molecule has 25 heavy (non-hydrogen) atoms. The number of carbonyl (C=O) groups is 2. The smallest absolute Gasteiger partial charge is 0.283 e. The van der Waals surface area contributed by atoms with E-state index in [-0.39, 0.29) is 10.9 Å². The summed E-state index contributed by atoms with van der Waals surface area (Å²) in [5.74, 6) is -0.703. The first-order valence-electron chi connectivity index (χ1n) is 9.26. The minimum absolute atomic E-state index is 0.0574. The lowest BCUT2D eigenvalue weighted by atomic mass is 10.1. The molecule has 5 heteroatoms. The lowest BCUT2D eigenvalue weighted by molar-refractivity contribution is -0.121. The van der Waals surface area contributed by atoms with E-state index in [1.54, 1.807) is 0 Å². The molecule has 0 atom stereocenters. The van der Waals surface area contributed by atoms with Crippen molar-refractivity contribution in [2.45, 2.75) is 51.9 Å². The number of hydrogen-bond acceptors (Lipinski definition) is 3. The minimum atomic E-state index is -0.410. The third kappa shape index (κ3) is 3.74. The molecular formula is C20H25ClN2O2. The van der Waals surface area contributed by atoms with Crippen molar-refractivity contribution in [2.75, 3.05) is 18.0 Å². The highest BCUT2D eigenvalue weighted by Gasteiger charge is 2.41. The molecule has 0 unspecified atom stereocenters. The average Bonchev–Trinajstić information content (AvgIpc) is 2.82. The number of carbonyl (C=O) groups excluding carboxylic acids is 2. The Bertz CT molecular complexity index is 673. The van der Waals surface area contributed by atoms with Gasteiger partial charge >= 0.3 is 0 Å². The van der Waals surface area contributed by atoms with Gasteiger partial charge in [0.1, 0.15) is 10.7 Å². The molecule has 2 aliphatic rings. The van der Waals surface area contributed by atoms with Gasteiger partial charge < -0.3 is 4.90 Å². The topological polar surface area (TPSA) is 40.6 Å². The van der Waals surface area contributed by atoms with Gasteiger partial charge in [-0.1, -0.05) is 49.9 Å². The first-order valence-corrected chi connectivity index (χ1v) is 9.63. The van der Waals surface area contributed by atoms with Gasteiger partial charge in [-0.15, -0.1) is 0 Å². The van der Waals surface area contributed by atoms with E-state index >= 15 is 0 Å². The molecule has 134 valence electrons. The molecule has 1 saturated heterocycles. The van der Waals surface area contributed by atoms with Gasteiger partial charge in [0, 0.05) is 13.1 Å². The van der Waals surface area contributed by atoms with Crippen LogP contribution in [0.2, 0.25) is 0 Å². The first kappa shape index (κ1) is 18.0. The summed E-state index contributed by atoms with van der Waals surface area (Å²) >= 11 is 6.28. The van der Waals surface area contributed by atoms with Crippen LogP contribution in [-0.4, -0.2) is 29.8 Å². The maximum Gasteiger partial charge on any atom is 0.283 e. The van der Waals surface area contributed by atoms with E-state index in [0.29, 0.717) is 11.4 Å². The summed E-state index contributed by atoms with van der Waals surface area (Å²) in [4.78, 5) is 28.7. The van der Waals surface area contributed by atoms with E-state index in [2.05, 4.69) is 6.92 Å². The van der Waals surface area contributed by atoms with E-state index in [1.807, 2.05) is 29.2 Å². The molecule has 1 fully saturated rings. The Morgan fingerprint density at radius 1 is 0.960 bits per heavy atom. The maximum atomic E-state index is 12.9. The van der Waals surface area contributed by atoms with Crippen molar-refractivity contribution in [3.05, 3.63) is 40.6 Å². The fourth-order valence-corrected chi connectivity index (χ4v) is 3.77. The second-order valence-corrected chi connectivity index (χ2v) is 7.16. The van der Waals surface area contributed by atoms with Gasteiger partial charge in [-0.3, -0.25) is 9.59 Å². The SMILES string of the molecule is CCCCc1ccc(N2C(=O)C(Cl)=C(N3CCCCCC3)C2=O)cc1. The molecule has 0 saturated carbocycles. The molecule has 4 nitrogen and oxygen atoms in total. The van der Waals surface area contributed by atoms with E-state index in [0.717, 1.165) is 58.0 Å². The van der Waals surface area contributed by atoms with Crippen LogP contribution in [0, 0.1) is 0 Å². The number of nitrogens with zero attached hydrogens (tertiary/aromatic N) is 2. The van der Waals surface area contributed by atoms with E-state index in [4.69, 9.17) is 11.6 Å². The fraction of sp³-hybridized carbons (Fsp3) is 0.500. The quantitative estimate of drug-likeness (QED) is 0.738. The van der Waals surface area contributed by atoms with Gasteiger partial charge in [0.2, 0.25) is 0 Å². The van der Waals surface area contributed by atoms with Crippen LogP contribution in [0.5, 0.6) is 0 Å². The summed E-state index contributed by atoms with van der Waals surface area (Å²) in [6.07, 6.45) is 7.66. The van der Waals surface area contributed by atoms with Crippen LogP contribution in [0.4, 0.5) is 5.69 Å². The first-order chi connectivity index (χ1) is 12.1. The number of aryl methyl sites for hydroxylation is 1. The summed E-state index contributed by atoms with van der Waals surface area (Å²) in [6.45, 7) is 3.73. The molecule has 3 rings (SSSR count). The lowest BCUT2D eigenvalue weighted by Crippen LogP contribution is -2.35. The standard InChI is InChI=1S/C20H25ClN2O2/c1-2-3-8-15-9-11-16(12-10-15)23-19(24)17(21)18(20(23)25)22-13-6-4-5-7-14-22/h9-12H,2-8,13-14H2,1H3. The van der Waals surface area contributed by atoms with Gasteiger partial charge in [0.05, 0.1) is 5.69 Å². The predicted octanol–water partition coefficient (Wildman–Crippen LogP) is 4.23. The van der Waals surface area contributed by atoms with E-state index in [9.17, 15) is 9.59 Å². The van der Waals surface area contributed by atoms with Crippen molar-refractivity contribution < 1.29 is 9.59 Å². The van der Waals surface area contributed by atoms with Crippen LogP contribution >= 0.6 is 11.6 Å². The zero-order valence-electron chi connectivity index (χ0n) is 14.8. The van der Waals surface area contributed by atoms with Crippen molar-refractivity contribution in [1.29, 1.82) is 0 Å². The normalized spacial score (nSPS) is 19.0. The number of benzene rings is 1. The van der Waals surface area contributed by atoms with Crippen LogP contribution < -0.4 is 4.90 Å². The molecular weight excluding hydrogens is 336 g/mol. The van der Waals surface area contributed by atoms with E-state index < -0.39 is 5.91 Å². The van der Waals surface area contributed by atoms with Crippen LogP contribution in [0.15, 0.2) is 35.0 Å². The number of halogens is 1. The molecule has 0 N–H and O–H groups in total. The molecule has 2 aliphatic heterocycles.